The fraction of sp³-hybridized carbons (Fsp3) is 0.222. The molecule has 0 saturated carbocycles. The van der Waals surface area contributed by atoms with Crippen LogP contribution in [0, 0.1) is 0 Å². The van der Waals surface area contributed by atoms with Crippen molar-refractivity contribution < 1.29 is 0 Å². The quantitative estimate of drug-likeness (QED) is 0.762. The lowest BCUT2D eigenvalue weighted by molar-refractivity contribution is 0.343. The van der Waals surface area contributed by atoms with Gasteiger partial charge in [-0.25, -0.2) is 0 Å². The minimum Gasteiger partial charge on any atom is -0.368 e. The summed E-state index contributed by atoms with van der Waals surface area (Å²) < 4.78 is 0. The standard InChI is InChI=1S/C18H21N5/c19-18(10-8-15-5-2-1-3-6-15)22-12-9-17(23-18)21-14-16-7-4-11-20-13-16/h1-7,9,11-13,21,23H,8,10,14,19H2. The van der Waals surface area contributed by atoms with E-state index in [9.17, 15) is 0 Å². The average molecular weight is 307 g/mol. The highest BCUT2D eigenvalue weighted by atomic mass is 15.3. The molecule has 1 unspecified atom stereocenters. The van der Waals surface area contributed by atoms with Gasteiger partial charge in [0, 0.05) is 31.6 Å². The Hall–Kier alpha value is -2.66. The van der Waals surface area contributed by atoms with Gasteiger partial charge in [-0.2, -0.15) is 0 Å². The second-order valence-electron chi connectivity index (χ2n) is 5.61. The van der Waals surface area contributed by atoms with Crippen LogP contribution in [0.25, 0.3) is 0 Å². The zero-order chi connectivity index (χ0) is 16.0. The van der Waals surface area contributed by atoms with E-state index in [1.165, 1.54) is 5.56 Å². The van der Waals surface area contributed by atoms with Crippen molar-refractivity contribution in [3.63, 3.8) is 0 Å². The number of nitrogens with two attached hydrogens (primary N) is 1. The van der Waals surface area contributed by atoms with E-state index in [0.717, 1.165) is 24.2 Å². The van der Waals surface area contributed by atoms with E-state index in [-0.39, 0.29) is 0 Å². The summed E-state index contributed by atoms with van der Waals surface area (Å²) in [5, 5.41) is 6.61. The molecule has 23 heavy (non-hydrogen) atoms. The molecule has 1 aromatic carbocycles. The molecule has 2 heterocycles. The van der Waals surface area contributed by atoms with Crippen LogP contribution in [0.5, 0.6) is 0 Å². The van der Waals surface area contributed by atoms with Crippen molar-refractivity contribution in [2.24, 2.45) is 10.7 Å². The number of aliphatic imine (C=N–C) groups is 1. The molecule has 1 aliphatic rings. The molecule has 1 atom stereocenters. The summed E-state index contributed by atoms with van der Waals surface area (Å²) in [6.07, 6.45) is 8.85. The van der Waals surface area contributed by atoms with E-state index < -0.39 is 5.79 Å². The Morgan fingerprint density at radius 3 is 2.70 bits per heavy atom. The molecule has 0 saturated heterocycles. The number of hydrogen-bond acceptors (Lipinski definition) is 5. The van der Waals surface area contributed by atoms with Crippen molar-refractivity contribution >= 4 is 6.21 Å². The lowest BCUT2D eigenvalue weighted by Crippen LogP contribution is -2.55. The van der Waals surface area contributed by atoms with E-state index in [0.29, 0.717) is 6.54 Å². The van der Waals surface area contributed by atoms with E-state index in [2.05, 4.69) is 32.7 Å². The first-order chi connectivity index (χ1) is 11.2. The molecule has 0 aliphatic carbocycles. The minimum atomic E-state index is -0.776. The predicted molar refractivity (Wildman–Crippen MR) is 92.5 cm³/mol. The first-order valence-electron chi connectivity index (χ1n) is 7.73. The van der Waals surface area contributed by atoms with Gasteiger partial charge >= 0.3 is 0 Å². The fourth-order valence-corrected chi connectivity index (χ4v) is 2.46. The lowest BCUT2D eigenvalue weighted by Gasteiger charge is -2.31. The maximum atomic E-state index is 6.36. The first kappa shape index (κ1) is 15.2. The average Bonchev–Trinajstić information content (AvgIpc) is 2.60. The van der Waals surface area contributed by atoms with Crippen LogP contribution in [-0.2, 0) is 13.0 Å². The zero-order valence-electron chi connectivity index (χ0n) is 12.9. The van der Waals surface area contributed by atoms with Crippen LogP contribution in [0.3, 0.4) is 0 Å². The Labute approximate surface area is 136 Å². The van der Waals surface area contributed by atoms with Crippen LogP contribution in [0.1, 0.15) is 17.5 Å². The molecule has 0 fully saturated rings. The SMILES string of the molecule is NC1(CCc2ccccc2)N=CC=C(NCc2cccnc2)N1. The van der Waals surface area contributed by atoms with Crippen molar-refractivity contribution in [3.05, 3.63) is 77.9 Å². The molecule has 3 rings (SSSR count). The zero-order valence-corrected chi connectivity index (χ0v) is 12.9. The van der Waals surface area contributed by atoms with Crippen LogP contribution >= 0.6 is 0 Å². The van der Waals surface area contributed by atoms with E-state index in [1.807, 2.05) is 42.6 Å². The summed E-state index contributed by atoms with van der Waals surface area (Å²) in [6.45, 7) is 0.690. The molecule has 5 nitrogen and oxygen atoms in total. The highest BCUT2D eigenvalue weighted by Crippen LogP contribution is 2.14. The topological polar surface area (TPSA) is 75.3 Å². The van der Waals surface area contributed by atoms with Crippen LogP contribution in [-0.4, -0.2) is 17.0 Å². The van der Waals surface area contributed by atoms with Gasteiger partial charge in [-0.05, 0) is 29.7 Å². The molecule has 0 radical (unpaired) electrons. The Morgan fingerprint density at radius 1 is 1.09 bits per heavy atom. The molecule has 5 heteroatoms. The summed E-state index contributed by atoms with van der Waals surface area (Å²) in [6, 6.07) is 14.3. The molecule has 1 aliphatic heterocycles. The normalized spacial score (nSPS) is 19.8. The fourth-order valence-electron chi connectivity index (χ4n) is 2.46. The molecular formula is C18H21N5. The smallest absolute Gasteiger partial charge is 0.183 e. The van der Waals surface area contributed by atoms with Crippen molar-refractivity contribution in [2.75, 3.05) is 0 Å². The molecule has 1 aromatic heterocycles. The van der Waals surface area contributed by atoms with E-state index >= 15 is 0 Å². The Morgan fingerprint density at radius 2 is 1.91 bits per heavy atom. The lowest BCUT2D eigenvalue weighted by atomic mass is 10.1. The summed E-state index contributed by atoms with van der Waals surface area (Å²) in [5.41, 5.74) is 8.74. The number of rotatable bonds is 6. The second kappa shape index (κ2) is 7.07. The molecule has 4 N–H and O–H groups in total. The third-order valence-corrected chi connectivity index (χ3v) is 3.74. The largest absolute Gasteiger partial charge is 0.368 e. The third kappa shape index (κ3) is 4.40. The number of pyridine rings is 1. The number of benzene rings is 1. The van der Waals surface area contributed by atoms with Gasteiger partial charge in [0.05, 0.1) is 0 Å². The van der Waals surface area contributed by atoms with Gasteiger partial charge < -0.3 is 10.6 Å². The van der Waals surface area contributed by atoms with Crippen molar-refractivity contribution in [1.82, 2.24) is 15.6 Å². The van der Waals surface area contributed by atoms with Gasteiger partial charge in [0.2, 0.25) is 0 Å². The summed E-state index contributed by atoms with van der Waals surface area (Å²) in [7, 11) is 0. The molecule has 0 amide bonds. The molecule has 0 spiro atoms. The highest BCUT2D eigenvalue weighted by Gasteiger charge is 2.25. The summed E-state index contributed by atoms with van der Waals surface area (Å²) in [4.78, 5) is 8.50. The summed E-state index contributed by atoms with van der Waals surface area (Å²) in [5.74, 6) is 0.0985. The number of nitrogens with zero attached hydrogens (tertiary/aromatic N) is 2. The number of nitrogens with one attached hydrogen (secondary N) is 2. The molecule has 2 aromatic rings. The number of allylic oxidation sites excluding steroid dienone is 1. The number of hydrogen-bond donors (Lipinski definition) is 3. The number of aryl methyl sites for hydroxylation is 1. The van der Waals surface area contributed by atoms with Crippen LogP contribution < -0.4 is 16.4 Å². The Bertz CT molecular complexity index is 681. The maximum absolute atomic E-state index is 6.36. The van der Waals surface area contributed by atoms with Crippen LogP contribution in [0.2, 0.25) is 0 Å². The Balaban J connectivity index is 1.54. The van der Waals surface area contributed by atoms with Gasteiger partial charge in [-0.1, -0.05) is 36.4 Å². The minimum absolute atomic E-state index is 0.690. The second-order valence-corrected chi connectivity index (χ2v) is 5.61. The van der Waals surface area contributed by atoms with Crippen molar-refractivity contribution in [2.45, 2.75) is 25.2 Å². The van der Waals surface area contributed by atoms with E-state index in [1.54, 1.807) is 12.4 Å². The maximum Gasteiger partial charge on any atom is 0.183 e. The third-order valence-electron chi connectivity index (χ3n) is 3.74. The van der Waals surface area contributed by atoms with Gasteiger partial charge in [-0.3, -0.25) is 15.7 Å². The van der Waals surface area contributed by atoms with Crippen molar-refractivity contribution in [1.29, 1.82) is 0 Å². The Kier molecular flexibility index (Phi) is 4.68. The number of aromatic nitrogens is 1. The molecule has 118 valence electrons. The monoisotopic (exact) mass is 307 g/mol. The highest BCUT2D eigenvalue weighted by molar-refractivity contribution is 5.73. The van der Waals surface area contributed by atoms with Crippen molar-refractivity contribution in [3.8, 4) is 0 Å². The first-order valence-corrected chi connectivity index (χ1v) is 7.73. The van der Waals surface area contributed by atoms with Crippen LogP contribution in [0.15, 0.2) is 71.7 Å². The van der Waals surface area contributed by atoms with E-state index in [4.69, 9.17) is 5.73 Å². The van der Waals surface area contributed by atoms with Gasteiger partial charge in [0.15, 0.2) is 5.79 Å². The summed E-state index contributed by atoms with van der Waals surface area (Å²) >= 11 is 0. The van der Waals surface area contributed by atoms with Gasteiger partial charge in [-0.15, -0.1) is 0 Å². The van der Waals surface area contributed by atoms with Gasteiger partial charge in [0.1, 0.15) is 5.82 Å². The van der Waals surface area contributed by atoms with Gasteiger partial charge in [0.25, 0.3) is 0 Å². The molecular weight excluding hydrogens is 286 g/mol. The molecule has 0 bridgehead atoms. The predicted octanol–water partition coefficient (Wildman–Crippen LogP) is 1.93. The van der Waals surface area contributed by atoms with Crippen LogP contribution in [0.4, 0.5) is 0 Å².